The summed E-state index contributed by atoms with van der Waals surface area (Å²) in [6.07, 6.45) is 11.8. The van der Waals surface area contributed by atoms with E-state index in [1.54, 1.807) is 24.3 Å². The monoisotopic (exact) mass is 498 g/mol. The minimum Gasteiger partial charge on any atom is -0.481 e. The first-order valence-corrected chi connectivity index (χ1v) is 13.0. The quantitative estimate of drug-likeness (QED) is 0.404. The first-order valence-electron chi connectivity index (χ1n) is 11.2. The summed E-state index contributed by atoms with van der Waals surface area (Å²) in [4.78, 5) is 8.79. The molecule has 2 aromatic heterocycles. The minimum atomic E-state index is -3.88. The molecule has 3 aromatic rings. The Morgan fingerprint density at radius 2 is 1.76 bits per heavy atom. The van der Waals surface area contributed by atoms with Crippen LogP contribution in [0, 0.1) is 0 Å². The van der Waals surface area contributed by atoms with Gasteiger partial charge in [0.1, 0.15) is 16.5 Å². The maximum Gasteiger partial charge on any atom is 0.264 e. The van der Waals surface area contributed by atoms with E-state index in [1.807, 2.05) is 30.5 Å². The number of sulfonamides is 1. The molecule has 34 heavy (non-hydrogen) atoms. The maximum atomic E-state index is 12.7. The van der Waals surface area contributed by atoms with Crippen molar-refractivity contribution >= 4 is 45.4 Å². The predicted molar refractivity (Wildman–Crippen MR) is 137 cm³/mol. The maximum absolute atomic E-state index is 12.7. The lowest BCUT2D eigenvalue weighted by Crippen LogP contribution is -2.22. The van der Waals surface area contributed by atoms with Gasteiger partial charge in [0, 0.05) is 17.8 Å². The lowest BCUT2D eigenvalue weighted by atomic mass is 9.95. The van der Waals surface area contributed by atoms with Crippen molar-refractivity contribution in [3.05, 3.63) is 70.9 Å². The number of methoxy groups -OCH3 is 1. The van der Waals surface area contributed by atoms with Gasteiger partial charge in [0.25, 0.3) is 10.0 Å². The molecule has 0 bridgehead atoms. The molecule has 178 valence electrons. The summed E-state index contributed by atoms with van der Waals surface area (Å²) in [6, 6.07) is 14.0. The van der Waals surface area contributed by atoms with Crippen molar-refractivity contribution in [2.24, 2.45) is 0 Å². The van der Waals surface area contributed by atoms with Crippen LogP contribution in [-0.2, 0) is 10.0 Å². The van der Waals surface area contributed by atoms with Crippen LogP contribution in [0.3, 0.4) is 0 Å². The summed E-state index contributed by atoms with van der Waals surface area (Å²) >= 11 is 6.03. The molecule has 1 fully saturated rings. The Kier molecular flexibility index (Phi) is 7.70. The molecular formula is C25H27ClN4O3S. The first kappa shape index (κ1) is 24.0. The van der Waals surface area contributed by atoms with Crippen LogP contribution in [0.5, 0.6) is 5.88 Å². The molecule has 2 heterocycles. The summed E-state index contributed by atoms with van der Waals surface area (Å²) in [6.45, 7) is 0. The molecule has 0 unspecified atom stereocenters. The number of anilines is 2. The summed E-state index contributed by atoms with van der Waals surface area (Å²) in [7, 11) is -2.40. The molecule has 0 spiro atoms. The van der Waals surface area contributed by atoms with Gasteiger partial charge in [-0.15, -0.1) is 0 Å². The van der Waals surface area contributed by atoms with Crippen LogP contribution in [0.1, 0.15) is 43.2 Å². The molecule has 0 amide bonds. The predicted octanol–water partition coefficient (Wildman–Crippen LogP) is 5.85. The first-order chi connectivity index (χ1) is 16.4. The molecule has 0 radical (unpaired) electrons. The van der Waals surface area contributed by atoms with Gasteiger partial charge in [-0.2, -0.15) is 4.98 Å². The average molecular weight is 499 g/mol. The van der Waals surface area contributed by atoms with Crippen LogP contribution >= 0.6 is 11.6 Å². The van der Waals surface area contributed by atoms with Gasteiger partial charge < -0.3 is 10.1 Å². The molecule has 0 atom stereocenters. The highest BCUT2D eigenvalue weighted by Crippen LogP contribution is 2.26. The molecule has 7 nitrogen and oxygen atoms in total. The standard InChI is InChI=1S/C25H27ClN4O3S/c1-33-25-19(13-11-18-12-15-23(27-17-18)28-20-7-3-2-4-8-20)14-16-24(29-25)30-34(31,32)22-10-6-5-9-21(22)26/h5-6,9-17,20H,2-4,7-8H2,1H3,(H,27,28)(H,29,30)/b13-11+. The number of nitrogens with one attached hydrogen (secondary N) is 2. The molecule has 0 saturated heterocycles. The van der Waals surface area contributed by atoms with Crippen molar-refractivity contribution in [1.82, 2.24) is 9.97 Å². The van der Waals surface area contributed by atoms with Crippen LogP contribution in [0.2, 0.25) is 5.02 Å². The van der Waals surface area contributed by atoms with Gasteiger partial charge in [0.2, 0.25) is 5.88 Å². The number of hydrogen-bond donors (Lipinski definition) is 2. The van der Waals surface area contributed by atoms with Crippen LogP contribution in [0.25, 0.3) is 12.2 Å². The number of pyridine rings is 2. The van der Waals surface area contributed by atoms with Gasteiger partial charge in [0.15, 0.2) is 0 Å². The number of nitrogens with zero attached hydrogens (tertiary/aromatic N) is 2. The third kappa shape index (κ3) is 6.07. The third-order valence-corrected chi connectivity index (χ3v) is 7.50. The Hall–Kier alpha value is -3.10. The van der Waals surface area contributed by atoms with Gasteiger partial charge in [-0.05, 0) is 60.9 Å². The second kappa shape index (κ2) is 10.9. The number of benzene rings is 1. The number of rotatable bonds is 8. The molecule has 1 aliphatic carbocycles. The molecule has 1 aromatic carbocycles. The number of halogens is 1. The SMILES string of the molecule is COc1nc(NS(=O)(=O)c2ccccc2Cl)ccc1/C=C/c1ccc(NC2CCCCC2)nc1. The smallest absolute Gasteiger partial charge is 0.264 e. The second-order valence-corrected chi connectivity index (χ2v) is 10.2. The summed E-state index contributed by atoms with van der Waals surface area (Å²) in [5, 5.41) is 3.64. The minimum absolute atomic E-state index is 0.0182. The van der Waals surface area contributed by atoms with Crippen molar-refractivity contribution in [2.45, 2.75) is 43.0 Å². The van der Waals surface area contributed by atoms with E-state index < -0.39 is 10.0 Å². The van der Waals surface area contributed by atoms with Gasteiger partial charge in [-0.25, -0.2) is 13.4 Å². The fraction of sp³-hybridized carbons (Fsp3) is 0.280. The number of aromatic nitrogens is 2. The van der Waals surface area contributed by atoms with E-state index >= 15 is 0 Å². The Bertz CT molecular complexity index is 1260. The van der Waals surface area contributed by atoms with Crippen LogP contribution in [-0.4, -0.2) is 31.5 Å². The van der Waals surface area contributed by atoms with Crippen LogP contribution in [0.15, 0.2) is 59.6 Å². The van der Waals surface area contributed by atoms with E-state index in [2.05, 4.69) is 20.0 Å². The molecular weight excluding hydrogens is 472 g/mol. The zero-order valence-electron chi connectivity index (χ0n) is 18.9. The average Bonchev–Trinajstić information content (AvgIpc) is 2.84. The topological polar surface area (TPSA) is 93.2 Å². The fourth-order valence-corrected chi connectivity index (χ4v) is 5.41. The normalized spacial score (nSPS) is 14.8. The van der Waals surface area contributed by atoms with E-state index in [9.17, 15) is 8.42 Å². The Morgan fingerprint density at radius 1 is 1.00 bits per heavy atom. The molecule has 1 saturated carbocycles. The second-order valence-electron chi connectivity index (χ2n) is 8.12. The summed E-state index contributed by atoms with van der Waals surface area (Å²) in [5.41, 5.74) is 1.63. The molecule has 1 aliphatic rings. The number of ether oxygens (including phenoxy) is 1. The third-order valence-electron chi connectivity index (χ3n) is 5.65. The van der Waals surface area contributed by atoms with E-state index in [0.717, 1.165) is 11.4 Å². The van der Waals surface area contributed by atoms with Crippen LogP contribution < -0.4 is 14.8 Å². The highest BCUT2D eigenvalue weighted by Gasteiger charge is 2.19. The Balaban J connectivity index is 1.45. The summed E-state index contributed by atoms with van der Waals surface area (Å²) in [5.74, 6) is 1.31. The molecule has 9 heteroatoms. The molecule has 0 aliphatic heterocycles. The molecule has 4 rings (SSSR count). The van der Waals surface area contributed by atoms with Gasteiger partial charge in [-0.1, -0.05) is 49.1 Å². The Morgan fingerprint density at radius 3 is 2.47 bits per heavy atom. The van der Waals surface area contributed by atoms with Crippen LogP contribution in [0.4, 0.5) is 11.6 Å². The van der Waals surface area contributed by atoms with Crippen molar-refractivity contribution in [1.29, 1.82) is 0 Å². The van der Waals surface area contributed by atoms with E-state index in [1.165, 1.54) is 51.3 Å². The van der Waals surface area contributed by atoms with Crippen molar-refractivity contribution in [2.75, 3.05) is 17.1 Å². The van der Waals surface area contributed by atoms with Gasteiger partial charge >= 0.3 is 0 Å². The van der Waals surface area contributed by atoms with Gasteiger partial charge in [0.05, 0.1) is 12.1 Å². The number of hydrogen-bond acceptors (Lipinski definition) is 6. The zero-order valence-corrected chi connectivity index (χ0v) is 20.4. The highest BCUT2D eigenvalue weighted by atomic mass is 35.5. The zero-order chi connectivity index (χ0) is 24.0. The lowest BCUT2D eigenvalue weighted by Gasteiger charge is -2.23. The molecule has 2 N–H and O–H groups in total. The van der Waals surface area contributed by atoms with Gasteiger partial charge in [-0.3, -0.25) is 4.72 Å². The fourth-order valence-electron chi connectivity index (χ4n) is 3.89. The Labute approximate surface area is 205 Å². The van der Waals surface area contributed by atoms with Crippen molar-refractivity contribution in [3.63, 3.8) is 0 Å². The van der Waals surface area contributed by atoms with Crippen molar-refractivity contribution in [3.8, 4) is 5.88 Å². The van der Waals surface area contributed by atoms with E-state index in [0.29, 0.717) is 17.5 Å². The van der Waals surface area contributed by atoms with Crippen molar-refractivity contribution < 1.29 is 13.2 Å². The summed E-state index contributed by atoms with van der Waals surface area (Å²) < 4.78 is 33.2. The highest BCUT2D eigenvalue weighted by molar-refractivity contribution is 7.92. The largest absolute Gasteiger partial charge is 0.481 e. The lowest BCUT2D eigenvalue weighted by molar-refractivity contribution is 0.397. The van der Waals surface area contributed by atoms with E-state index in [4.69, 9.17) is 16.3 Å². The van der Waals surface area contributed by atoms with E-state index in [-0.39, 0.29) is 15.7 Å².